The highest BCUT2D eigenvalue weighted by Gasteiger charge is 2.39. The Bertz CT molecular complexity index is 1420. The average Bonchev–Trinajstić information content (AvgIpc) is 2.98. The standard InChI is InChI=1S/C33H31BrN2O4/c1-3-11-26-20-25(21-30(39-4-2)31(26)40-23-24-16-18-29(34)19-17-24)22-35-36-32(37)33(38,27-12-7-5-8-13-27)28-14-9-6-10-15-28/h3,5-10,12-22,38H,1,4,11,23H2,2H3,(H,36,37)/b35-22-. The van der Waals surface area contributed by atoms with Gasteiger partial charge in [0.15, 0.2) is 17.1 Å². The largest absolute Gasteiger partial charge is 0.490 e. The number of allylic oxidation sites excluding steroid dienone is 1. The second-order valence-corrected chi connectivity index (χ2v) is 9.91. The molecule has 0 aromatic heterocycles. The second-order valence-electron chi connectivity index (χ2n) is 8.99. The van der Waals surface area contributed by atoms with Crippen molar-refractivity contribution in [3.05, 3.63) is 142 Å². The number of hydrogen-bond donors (Lipinski definition) is 2. The third-order valence-corrected chi connectivity index (χ3v) is 6.73. The number of carbonyl (C=O) groups excluding carboxylic acids is 1. The van der Waals surface area contributed by atoms with Crippen molar-refractivity contribution in [1.29, 1.82) is 0 Å². The zero-order valence-electron chi connectivity index (χ0n) is 22.2. The van der Waals surface area contributed by atoms with Gasteiger partial charge in [0.25, 0.3) is 5.91 Å². The van der Waals surface area contributed by atoms with Crippen LogP contribution in [0.4, 0.5) is 0 Å². The van der Waals surface area contributed by atoms with Crippen molar-refractivity contribution in [2.24, 2.45) is 5.10 Å². The van der Waals surface area contributed by atoms with Crippen molar-refractivity contribution >= 4 is 28.1 Å². The smallest absolute Gasteiger partial charge is 0.281 e. The Balaban J connectivity index is 1.59. The molecule has 0 spiro atoms. The Morgan fingerprint density at radius 3 is 2.17 bits per heavy atom. The first kappa shape index (κ1) is 28.8. The SMILES string of the molecule is C=CCc1cc(/C=N\NC(=O)C(O)(c2ccccc2)c2ccccc2)cc(OCC)c1OCc1ccc(Br)cc1. The molecule has 4 aromatic rings. The number of hydrogen-bond acceptors (Lipinski definition) is 5. The number of nitrogens with one attached hydrogen (secondary N) is 1. The first-order chi connectivity index (χ1) is 19.5. The molecule has 0 saturated carbocycles. The van der Waals surface area contributed by atoms with Gasteiger partial charge in [0.05, 0.1) is 12.8 Å². The molecular formula is C33H31BrN2O4. The van der Waals surface area contributed by atoms with Crippen molar-refractivity contribution in [2.75, 3.05) is 6.61 Å². The van der Waals surface area contributed by atoms with E-state index in [0.29, 0.717) is 47.8 Å². The predicted molar refractivity (Wildman–Crippen MR) is 162 cm³/mol. The number of benzene rings is 4. The minimum Gasteiger partial charge on any atom is -0.490 e. The molecule has 0 atom stereocenters. The lowest BCUT2D eigenvalue weighted by molar-refractivity contribution is -0.136. The number of aliphatic hydroxyl groups is 1. The first-order valence-corrected chi connectivity index (χ1v) is 13.7. The van der Waals surface area contributed by atoms with E-state index in [1.807, 2.05) is 55.5 Å². The molecular weight excluding hydrogens is 568 g/mol. The van der Waals surface area contributed by atoms with Gasteiger partial charge in [-0.25, -0.2) is 5.43 Å². The van der Waals surface area contributed by atoms with Crippen LogP contribution >= 0.6 is 15.9 Å². The Morgan fingerprint density at radius 1 is 0.975 bits per heavy atom. The number of rotatable bonds is 12. The fourth-order valence-corrected chi connectivity index (χ4v) is 4.53. The molecule has 0 aliphatic rings. The molecule has 0 fully saturated rings. The fraction of sp³-hybridized carbons (Fsp3) is 0.152. The number of carbonyl (C=O) groups is 1. The van der Waals surface area contributed by atoms with E-state index in [1.54, 1.807) is 54.6 Å². The molecule has 0 saturated heterocycles. The van der Waals surface area contributed by atoms with Crippen molar-refractivity contribution in [1.82, 2.24) is 5.43 Å². The monoisotopic (exact) mass is 598 g/mol. The van der Waals surface area contributed by atoms with E-state index in [-0.39, 0.29) is 0 Å². The van der Waals surface area contributed by atoms with Gasteiger partial charge in [0.1, 0.15) is 6.61 Å². The minimum atomic E-state index is -1.92. The maximum atomic E-state index is 13.4. The highest BCUT2D eigenvalue weighted by atomic mass is 79.9. The van der Waals surface area contributed by atoms with E-state index < -0.39 is 11.5 Å². The summed E-state index contributed by atoms with van der Waals surface area (Å²) < 4.78 is 13.1. The number of ether oxygens (including phenoxy) is 2. The van der Waals surface area contributed by atoms with Crippen LogP contribution in [0.3, 0.4) is 0 Å². The number of amides is 1. The third kappa shape index (κ3) is 6.86. The first-order valence-electron chi connectivity index (χ1n) is 12.9. The van der Waals surface area contributed by atoms with E-state index in [1.165, 1.54) is 6.21 Å². The summed E-state index contributed by atoms with van der Waals surface area (Å²) in [4.78, 5) is 13.4. The Hall–Kier alpha value is -4.20. The van der Waals surface area contributed by atoms with Crippen LogP contribution in [-0.4, -0.2) is 23.8 Å². The van der Waals surface area contributed by atoms with Crippen molar-refractivity contribution in [2.45, 2.75) is 25.6 Å². The van der Waals surface area contributed by atoms with Gasteiger partial charge in [-0.15, -0.1) is 6.58 Å². The quantitative estimate of drug-likeness (QED) is 0.110. The topological polar surface area (TPSA) is 80.2 Å². The van der Waals surface area contributed by atoms with Crippen LogP contribution in [0.2, 0.25) is 0 Å². The lowest BCUT2D eigenvalue weighted by Gasteiger charge is -2.27. The molecule has 0 bridgehead atoms. The van der Waals surface area contributed by atoms with Gasteiger partial charge >= 0.3 is 0 Å². The Labute approximate surface area is 243 Å². The molecule has 204 valence electrons. The van der Waals surface area contributed by atoms with Crippen molar-refractivity contribution < 1.29 is 19.4 Å². The van der Waals surface area contributed by atoms with Gasteiger partial charge in [-0.1, -0.05) is 94.8 Å². The van der Waals surface area contributed by atoms with Gasteiger partial charge in [-0.3, -0.25) is 4.79 Å². The molecule has 0 radical (unpaired) electrons. The van der Waals surface area contributed by atoms with Gasteiger partial charge in [0.2, 0.25) is 0 Å². The number of hydrazone groups is 1. The fourth-order valence-electron chi connectivity index (χ4n) is 4.26. The lowest BCUT2D eigenvalue weighted by atomic mass is 9.85. The third-order valence-electron chi connectivity index (χ3n) is 6.21. The summed E-state index contributed by atoms with van der Waals surface area (Å²) in [5.41, 5.74) is 4.06. The molecule has 2 N–H and O–H groups in total. The summed E-state index contributed by atoms with van der Waals surface area (Å²) in [5, 5.41) is 15.8. The molecule has 0 unspecified atom stereocenters. The van der Waals surface area contributed by atoms with Gasteiger partial charge < -0.3 is 14.6 Å². The highest BCUT2D eigenvalue weighted by molar-refractivity contribution is 9.10. The van der Waals surface area contributed by atoms with Crippen molar-refractivity contribution in [3.63, 3.8) is 0 Å². The van der Waals surface area contributed by atoms with Crippen LogP contribution in [0.5, 0.6) is 11.5 Å². The maximum Gasteiger partial charge on any atom is 0.281 e. The molecule has 4 aromatic carbocycles. The molecule has 7 heteroatoms. The minimum absolute atomic E-state index is 0.374. The molecule has 0 heterocycles. The van der Waals surface area contributed by atoms with E-state index in [2.05, 4.69) is 33.0 Å². The molecule has 0 aliphatic heterocycles. The van der Waals surface area contributed by atoms with Crippen LogP contribution in [0, 0.1) is 0 Å². The normalized spacial score (nSPS) is 11.3. The summed E-state index contributed by atoms with van der Waals surface area (Å²) in [5.74, 6) is 0.525. The van der Waals surface area contributed by atoms with Crippen LogP contribution in [0.15, 0.2) is 119 Å². The van der Waals surface area contributed by atoms with Gasteiger partial charge in [0, 0.05) is 10.0 Å². The molecule has 1 amide bonds. The van der Waals surface area contributed by atoms with E-state index in [0.717, 1.165) is 15.6 Å². The summed E-state index contributed by atoms with van der Waals surface area (Å²) in [6.45, 7) is 6.60. The molecule has 4 rings (SSSR count). The highest BCUT2D eigenvalue weighted by Crippen LogP contribution is 2.34. The summed E-state index contributed by atoms with van der Waals surface area (Å²) in [7, 11) is 0. The predicted octanol–water partition coefficient (Wildman–Crippen LogP) is 6.54. The Morgan fingerprint density at radius 2 is 1.60 bits per heavy atom. The number of nitrogens with zero attached hydrogens (tertiary/aromatic N) is 1. The summed E-state index contributed by atoms with van der Waals surface area (Å²) in [6.07, 6.45) is 3.85. The molecule has 0 aliphatic carbocycles. The summed E-state index contributed by atoms with van der Waals surface area (Å²) in [6, 6.07) is 29.2. The Kier molecular flexibility index (Phi) is 9.89. The van der Waals surface area contributed by atoms with E-state index >= 15 is 0 Å². The van der Waals surface area contributed by atoms with E-state index in [4.69, 9.17) is 9.47 Å². The zero-order valence-corrected chi connectivity index (χ0v) is 23.8. The van der Waals surface area contributed by atoms with Crippen molar-refractivity contribution in [3.8, 4) is 11.5 Å². The van der Waals surface area contributed by atoms with Crippen LogP contribution in [0.1, 0.15) is 34.7 Å². The van der Waals surface area contributed by atoms with Crippen LogP contribution < -0.4 is 14.9 Å². The second kappa shape index (κ2) is 13.7. The lowest BCUT2D eigenvalue weighted by Crippen LogP contribution is -2.43. The van der Waals surface area contributed by atoms with Gasteiger partial charge in [-0.05, 0) is 59.9 Å². The van der Waals surface area contributed by atoms with E-state index in [9.17, 15) is 9.90 Å². The van der Waals surface area contributed by atoms with Crippen LogP contribution in [-0.2, 0) is 23.4 Å². The van der Waals surface area contributed by atoms with Crippen LogP contribution in [0.25, 0.3) is 0 Å². The average molecular weight is 600 g/mol. The maximum absolute atomic E-state index is 13.4. The molecule has 6 nitrogen and oxygen atoms in total. The molecule has 40 heavy (non-hydrogen) atoms. The summed E-state index contributed by atoms with van der Waals surface area (Å²) >= 11 is 3.45. The zero-order chi connectivity index (χ0) is 28.4. The van der Waals surface area contributed by atoms with Gasteiger partial charge in [-0.2, -0.15) is 5.10 Å². The number of halogens is 1.